The summed E-state index contributed by atoms with van der Waals surface area (Å²) in [5.74, 6) is -0.664. The highest BCUT2D eigenvalue weighted by atomic mass is 35.5. The van der Waals surface area contributed by atoms with Crippen LogP contribution in [-0.2, 0) is 16.1 Å². The monoisotopic (exact) mass is 354 g/mol. The smallest absolute Gasteiger partial charge is 0.263 e. The number of hydrogen-bond acceptors (Lipinski definition) is 5. The number of nitrogens with zero attached hydrogens (tertiary/aromatic N) is 4. The van der Waals surface area contributed by atoms with E-state index < -0.39 is 12.1 Å². The Hall–Kier alpha value is -2.73. The average Bonchev–Trinajstić information content (AvgIpc) is 3.10. The van der Waals surface area contributed by atoms with Gasteiger partial charge in [0.15, 0.2) is 12.1 Å². The van der Waals surface area contributed by atoms with E-state index in [-0.39, 0.29) is 11.8 Å². The van der Waals surface area contributed by atoms with Gasteiger partial charge in [-0.1, -0.05) is 46.7 Å². The number of hydrogen-bond donors (Lipinski definition) is 0. The largest absolute Gasteiger partial charge is 0.271 e. The molecule has 1 saturated heterocycles. The first-order valence-corrected chi connectivity index (χ1v) is 8.29. The highest BCUT2D eigenvalue weighted by molar-refractivity contribution is 6.31. The molecule has 2 aromatic rings. The lowest BCUT2D eigenvalue weighted by Crippen LogP contribution is -2.39. The molecule has 0 unspecified atom stereocenters. The molecule has 0 radical (unpaired) electrons. The van der Waals surface area contributed by atoms with Crippen molar-refractivity contribution < 1.29 is 9.59 Å². The fourth-order valence-electron chi connectivity index (χ4n) is 3.20. The second-order valence-electron chi connectivity index (χ2n) is 6.17. The first-order chi connectivity index (χ1) is 12.0. The van der Waals surface area contributed by atoms with Gasteiger partial charge in [-0.15, -0.1) is 0 Å². The summed E-state index contributed by atoms with van der Waals surface area (Å²) < 4.78 is 0. The molecular weight excluding hydrogens is 340 g/mol. The van der Waals surface area contributed by atoms with Gasteiger partial charge in [0, 0.05) is 5.02 Å². The van der Waals surface area contributed by atoms with Crippen LogP contribution in [0, 0.1) is 6.92 Å². The van der Waals surface area contributed by atoms with E-state index >= 15 is 0 Å². The normalized spacial score (nSPS) is 22.0. The number of amides is 2. The molecule has 6 nitrogen and oxygen atoms in total. The van der Waals surface area contributed by atoms with Crippen LogP contribution in [0.2, 0.25) is 5.02 Å². The van der Waals surface area contributed by atoms with E-state index in [1.54, 1.807) is 29.3 Å². The van der Waals surface area contributed by atoms with Crippen LogP contribution in [0.15, 0.2) is 58.9 Å². The van der Waals surface area contributed by atoms with Gasteiger partial charge in [0.05, 0.1) is 12.2 Å². The summed E-state index contributed by atoms with van der Waals surface area (Å²) in [7, 11) is 0. The summed E-state index contributed by atoms with van der Waals surface area (Å²) in [5, 5.41) is 10.2. The molecule has 0 saturated carbocycles. The molecule has 2 heterocycles. The Morgan fingerprint density at radius 1 is 1.08 bits per heavy atom. The SMILES string of the molecule is Cc1cccc(CN2N=N[C@@H]3C(=O)N(c4ccc(Cl)cc4)C(=O)[C@H]32)c1. The van der Waals surface area contributed by atoms with Gasteiger partial charge >= 0.3 is 0 Å². The molecule has 0 aromatic heterocycles. The molecule has 126 valence electrons. The topological polar surface area (TPSA) is 65.3 Å². The minimum atomic E-state index is -0.784. The van der Waals surface area contributed by atoms with E-state index in [0.717, 1.165) is 11.1 Å². The van der Waals surface area contributed by atoms with Crippen LogP contribution in [-0.4, -0.2) is 28.9 Å². The average molecular weight is 355 g/mol. The van der Waals surface area contributed by atoms with Gasteiger partial charge in [-0.2, -0.15) is 5.11 Å². The molecule has 2 amide bonds. The van der Waals surface area contributed by atoms with E-state index in [0.29, 0.717) is 17.3 Å². The molecule has 4 rings (SSSR count). The van der Waals surface area contributed by atoms with Gasteiger partial charge in [-0.25, -0.2) is 4.90 Å². The molecule has 2 aliphatic rings. The Morgan fingerprint density at radius 3 is 2.56 bits per heavy atom. The Kier molecular flexibility index (Phi) is 3.77. The number of halogens is 1. The van der Waals surface area contributed by atoms with Gasteiger partial charge in [0.1, 0.15) is 0 Å². The summed E-state index contributed by atoms with van der Waals surface area (Å²) in [5.41, 5.74) is 2.64. The van der Waals surface area contributed by atoms with Gasteiger partial charge in [0.2, 0.25) is 0 Å². The molecule has 25 heavy (non-hydrogen) atoms. The van der Waals surface area contributed by atoms with Crippen molar-refractivity contribution >= 4 is 29.1 Å². The Balaban J connectivity index is 1.60. The molecule has 1 fully saturated rings. The third kappa shape index (κ3) is 2.68. The van der Waals surface area contributed by atoms with Crippen LogP contribution >= 0.6 is 11.6 Å². The number of aryl methyl sites for hydroxylation is 1. The molecule has 0 N–H and O–H groups in total. The van der Waals surface area contributed by atoms with E-state index in [1.165, 1.54) is 4.90 Å². The molecular formula is C18H15ClN4O2. The van der Waals surface area contributed by atoms with Crippen molar-refractivity contribution in [1.29, 1.82) is 0 Å². The molecule has 0 spiro atoms. The van der Waals surface area contributed by atoms with Crippen LogP contribution in [0.4, 0.5) is 5.69 Å². The summed E-state index contributed by atoms with van der Waals surface area (Å²) in [4.78, 5) is 26.7. The molecule has 2 aliphatic heterocycles. The lowest BCUT2D eigenvalue weighted by molar-refractivity contribution is -0.123. The van der Waals surface area contributed by atoms with Crippen LogP contribution in [0.5, 0.6) is 0 Å². The number of carbonyl (C=O) groups is 2. The number of rotatable bonds is 3. The van der Waals surface area contributed by atoms with E-state index in [4.69, 9.17) is 11.6 Å². The lowest BCUT2D eigenvalue weighted by Gasteiger charge is -2.20. The maximum atomic E-state index is 12.9. The first-order valence-electron chi connectivity index (χ1n) is 7.91. The van der Waals surface area contributed by atoms with E-state index in [1.807, 2.05) is 31.2 Å². The number of benzene rings is 2. The fourth-order valence-corrected chi connectivity index (χ4v) is 3.32. The van der Waals surface area contributed by atoms with Gasteiger partial charge < -0.3 is 0 Å². The highest BCUT2D eigenvalue weighted by Gasteiger charge is 2.54. The number of fused-ring (bicyclic) bond motifs is 1. The number of imide groups is 1. The molecule has 2 atom stereocenters. The fraction of sp³-hybridized carbons (Fsp3) is 0.222. The van der Waals surface area contributed by atoms with Crippen molar-refractivity contribution in [3.05, 3.63) is 64.7 Å². The van der Waals surface area contributed by atoms with Gasteiger partial charge in [-0.3, -0.25) is 14.6 Å². The Bertz CT molecular complexity index is 881. The molecule has 0 aliphatic carbocycles. The predicted molar refractivity (Wildman–Crippen MR) is 93.1 cm³/mol. The van der Waals surface area contributed by atoms with Crippen molar-refractivity contribution in [2.45, 2.75) is 25.6 Å². The minimum Gasteiger partial charge on any atom is -0.271 e. The predicted octanol–water partition coefficient (Wildman–Crippen LogP) is 3.14. The molecule has 7 heteroatoms. The van der Waals surface area contributed by atoms with E-state index in [9.17, 15) is 9.59 Å². The van der Waals surface area contributed by atoms with Crippen molar-refractivity contribution in [2.75, 3.05) is 4.90 Å². The zero-order valence-corrected chi connectivity index (χ0v) is 14.2. The summed E-state index contributed by atoms with van der Waals surface area (Å²) >= 11 is 5.88. The quantitative estimate of drug-likeness (QED) is 0.795. The zero-order chi connectivity index (χ0) is 17.6. The third-order valence-corrected chi connectivity index (χ3v) is 4.62. The standard InChI is InChI=1S/C18H15ClN4O2/c1-11-3-2-4-12(9-11)10-22-16-15(20-21-22)17(24)23(18(16)25)14-7-5-13(19)6-8-14/h2-9,15-16H,10H2,1H3/t15-,16-/m0/s1. The van der Waals surface area contributed by atoms with Crippen LogP contribution in [0.3, 0.4) is 0 Å². The maximum Gasteiger partial charge on any atom is 0.263 e. The first kappa shape index (κ1) is 15.8. The lowest BCUT2D eigenvalue weighted by atomic mass is 10.1. The number of anilines is 1. The number of carbonyl (C=O) groups excluding carboxylic acids is 2. The van der Waals surface area contributed by atoms with E-state index in [2.05, 4.69) is 10.3 Å². The van der Waals surface area contributed by atoms with Crippen molar-refractivity contribution in [2.24, 2.45) is 10.3 Å². The zero-order valence-electron chi connectivity index (χ0n) is 13.5. The van der Waals surface area contributed by atoms with Gasteiger partial charge in [-0.05, 0) is 36.8 Å². The summed E-state index contributed by atoms with van der Waals surface area (Å²) in [6, 6.07) is 13.1. The second kappa shape index (κ2) is 5.97. The molecule has 2 aromatic carbocycles. The van der Waals surface area contributed by atoms with Crippen molar-refractivity contribution in [1.82, 2.24) is 5.01 Å². The van der Waals surface area contributed by atoms with Crippen molar-refractivity contribution in [3.63, 3.8) is 0 Å². The van der Waals surface area contributed by atoms with Crippen molar-refractivity contribution in [3.8, 4) is 0 Å². The summed E-state index contributed by atoms with van der Waals surface area (Å²) in [6.07, 6.45) is 0. The van der Waals surface area contributed by atoms with Crippen LogP contribution in [0.25, 0.3) is 0 Å². The Morgan fingerprint density at radius 2 is 1.84 bits per heavy atom. The third-order valence-electron chi connectivity index (χ3n) is 4.37. The van der Waals surface area contributed by atoms with Crippen LogP contribution < -0.4 is 4.90 Å². The Labute approximate surface area is 149 Å². The second-order valence-corrected chi connectivity index (χ2v) is 6.61. The summed E-state index contributed by atoms with van der Waals surface area (Å²) in [6.45, 7) is 2.43. The van der Waals surface area contributed by atoms with Crippen LogP contribution in [0.1, 0.15) is 11.1 Å². The minimum absolute atomic E-state index is 0.310. The van der Waals surface area contributed by atoms with Gasteiger partial charge in [0.25, 0.3) is 11.8 Å². The maximum absolute atomic E-state index is 12.9. The molecule has 0 bridgehead atoms. The highest BCUT2D eigenvalue weighted by Crippen LogP contribution is 2.33.